The summed E-state index contributed by atoms with van der Waals surface area (Å²) in [6.45, 7) is 3.71. The number of hydrogen-bond donors (Lipinski definition) is 2. The van der Waals surface area contributed by atoms with Crippen molar-refractivity contribution in [3.63, 3.8) is 0 Å². The molecule has 0 unspecified atom stereocenters. The van der Waals surface area contributed by atoms with Crippen molar-refractivity contribution in [3.05, 3.63) is 28.9 Å². The Bertz CT molecular complexity index is 522. The summed E-state index contributed by atoms with van der Waals surface area (Å²) in [6.07, 6.45) is 3.96. The molecule has 98 valence electrons. The Kier molecular flexibility index (Phi) is 4.50. The number of aromatic amines is 1. The van der Waals surface area contributed by atoms with Crippen LogP contribution in [0.25, 0.3) is 10.9 Å². The first kappa shape index (κ1) is 13.2. The number of ether oxygens (including phenoxy) is 1. The minimum atomic E-state index is 0.696. The maximum Gasteiger partial charge on any atom is 0.138 e. The molecule has 0 aliphatic carbocycles. The molecule has 0 fully saturated rings. The predicted molar refractivity (Wildman–Crippen MR) is 76.7 cm³/mol. The normalized spacial score (nSPS) is 11.1. The average Bonchev–Trinajstić information content (AvgIpc) is 2.79. The lowest BCUT2D eigenvalue weighted by Crippen LogP contribution is -2.10. The molecule has 2 aromatic rings. The zero-order valence-electron chi connectivity index (χ0n) is 10.8. The Morgan fingerprint density at radius 2 is 2.22 bits per heavy atom. The zero-order valence-corrected chi connectivity index (χ0v) is 11.6. The third kappa shape index (κ3) is 2.62. The van der Waals surface area contributed by atoms with Crippen LogP contribution in [-0.4, -0.2) is 25.2 Å². The predicted octanol–water partition coefficient (Wildman–Crippen LogP) is 3.37. The molecular weight excluding hydrogens is 248 g/mol. The maximum atomic E-state index is 6.44. The fourth-order valence-electron chi connectivity index (χ4n) is 2.01. The summed E-state index contributed by atoms with van der Waals surface area (Å²) in [5.41, 5.74) is 2.29. The van der Waals surface area contributed by atoms with Crippen LogP contribution < -0.4 is 10.1 Å². The van der Waals surface area contributed by atoms with E-state index in [1.165, 1.54) is 5.56 Å². The number of fused-ring (bicyclic) bond motifs is 1. The number of H-pyrrole nitrogens is 1. The van der Waals surface area contributed by atoms with Crippen LogP contribution in [0.2, 0.25) is 5.02 Å². The minimum Gasteiger partial charge on any atom is -0.492 e. The molecule has 1 aromatic carbocycles. The van der Waals surface area contributed by atoms with E-state index in [9.17, 15) is 0 Å². The van der Waals surface area contributed by atoms with Crippen molar-refractivity contribution >= 4 is 22.5 Å². The molecule has 0 saturated heterocycles. The van der Waals surface area contributed by atoms with Crippen molar-refractivity contribution in [2.45, 2.75) is 19.8 Å². The fourth-order valence-corrected chi connectivity index (χ4v) is 2.35. The summed E-state index contributed by atoms with van der Waals surface area (Å²) in [7, 11) is 1.95. The summed E-state index contributed by atoms with van der Waals surface area (Å²) < 4.78 is 5.66. The Balaban J connectivity index is 2.36. The van der Waals surface area contributed by atoms with Crippen molar-refractivity contribution in [1.82, 2.24) is 10.3 Å². The van der Waals surface area contributed by atoms with E-state index < -0.39 is 0 Å². The van der Waals surface area contributed by atoms with Gasteiger partial charge in [-0.15, -0.1) is 0 Å². The molecule has 0 amide bonds. The van der Waals surface area contributed by atoms with Gasteiger partial charge in [-0.1, -0.05) is 18.5 Å². The van der Waals surface area contributed by atoms with Gasteiger partial charge in [-0.2, -0.15) is 0 Å². The summed E-state index contributed by atoms with van der Waals surface area (Å²) in [5, 5.41) is 4.95. The van der Waals surface area contributed by atoms with Gasteiger partial charge >= 0.3 is 0 Å². The number of rotatable bonds is 6. The second kappa shape index (κ2) is 6.12. The summed E-state index contributed by atoms with van der Waals surface area (Å²) in [5.74, 6) is 0.774. The van der Waals surface area contributed by atoms with E-state index in [0.717, 1.165) is 36.0 Å². The number of hydrogen-bond acceptors (Lipinski definition) is 2. The molecule has 0 aliphatic rings. The quantitative estimate of drug-likeness (QED) is 0.841. The Hall–Kier alpha value is -1.19. The van der Waals surface area contributed by atoms with E-state index in [0.29, 0.717) is 11.6 Å². The minimum absolute atomic E-state index is 0.696. The number of benzene rings is 1. The van der Waals surface area contributed by atoms with Crippen molar-refractivity contribution in [3.8, 4) is 5.75 Å². The van der Waals surface area contributed by atoms with Gasteiger partial charge in [-0.3, -0.25) is 0 Å². The van der Waals surface area contributed by atoms with Gasteiger partial charge in [0.15, 0.2) is 0 Å². The van der Waals surface area contributed by atoms with Gasteiger partial charge in [-0.05, 0) is 44.1 Å². The fraction of sp³-hybridized carbons (Fsp3) is 0.429. The van der Waals surface area contributed by atoms with Crippen LogP contribution in [0, 0.1) is 0 Å². The molecule has 3 nitrogen and oxygen atoms in total. The highest BCUT2D eigenvalue weighted by Gasteiger charge is 2.11. The van der Waals surface area contributed by atoms with Crippen LogP contribution >= 0.6 is 11.6 Å². The molecule has 1 heterocycles. The van der Waals surface area contributed by atoms with Gasteiger partial charge in [0.2, 0.25) is 0 Å². The number of likely N-dealkylation sites (N-methyl/N-ethyl adjacent to an activating group) is 1. The molecule has 1 aromatic heterocycles. The van der Waals surface area contributed by atoms with E-state index >= 15 is 0 Å². The molecule has 0 saturated carbocycles. The highest BCUT2D eigenvalue weighted by Crippen LogP contribution is 2.35. The van der Waals surface area contributed by atoms with Crippen LogP contribution in [0.15, 0.2) is 18.3 Å². The summed E-state index contributed by atoms with van der Waals surface area (Å²) >= 11 is 6.44. The second-order valence-corrected chi connectivity index (χ2v) is 4.69. The van der Waals surface area contributed by atoms with E-state index in [-0.39, 0.29) is 0 Å². The van der Waals surface area contributed by atoms with E-state index in [4.69, 9.17) is 16.3 Å². The molecule has 0 aliphatic heterocycles. The maximum absolute atomic E-state index is 6.44. The highest BCUT2D eigenvalue weighted by atomic mass is 35.5. The van der Waals surface area contributed by atoms with Crippen LogP contribution in [0.3, 0.4) is 0 Å². The molecule has 0 spiro atoms. The van der Waals surface area contributed by atoms with Crippen LogP contribution in [0.1, 0.15) is 18.9 Å². The van der Waals surface area contributed by atoms with Crippen molar-refractivity contribution in [2.75, 3.05) is 20.2 Å². The summed E-state index contributed by atoms with van der Waals surface area (Å²) in [4.78, 5) is 3.25. The first-order valence-electron chi connectivity index (χ1n) is 6.33. The van der Waals surface area contributed by atoms with Crippen molar-refractivity contribution in [2.24, 2.45) is 0 Å². The molecule has 0 bridgehead atoms. The molecule has 2 N–H and O–H groups in total. The van der Waals surface area contributed by atoms with Gasteiger partial charge in [0, 0.05) is 17.1 Å². The molecule has 4 heteroatoms. The average molecular weight is 267 g/mol. The number of nitrogens with one attached hydrogen (secondary N) is 2. The number of aromatic nitrogens is 1. The molecule has 2 rings (SSSR count). The molecule has 18 heavy (non-hydrogen) atoms. The lowest BCUT2D eigenvalue weighted by Gasteiger charge is -2.08. The van der Waals surface area contributed by atoms with Gasteiger partial charge in [0.1, 0.15) is 5.75 Å². The Labute approximate surface area is 112 Å². The lowest BCUT2D eigenvalue weighted by molar-refractivity contribution is 0.318. The van der Waals surface area contributed by atoms with Crippen molar-refractivity contribution < 1.29 is 4.74 Å². The van der Waals surface area contributed by atoms with E-state index in [1.54, 1.807) is 0 Å². The van der Waals surface area contributed by atoms with Gasteiger partial charge in [-0.25, -0.2) is 0 Å². The Morgan fingerprint density at radius 1 is 1.39 bits per heavy atom. The zero-order chi connectivity index (χ0) is 13.0. The summed E-state index contributed by atoms with van der Waals surface area (Å²) in [6, 6.07) is 3.95. The third-order valence-electron chi connectivity index (χ3n) is 2.94. The lowest BCUT2D eigenvalue weighted by atomic mass is 10.1. The van der Waals surface area contributed by atoms with Crippen LogP contribution in [0.5, 0.6) is 5.75 Å². The SMILES string of the molecule is CCCOc1ccc2[nH]cc(CCNC)c2c1Cl. The van der Waals surface area contributed by atoms with Gasteiger partial charge < -0.3 is 15.0 Å². The molecular formula is C14H19ClN2O. The first-order chi connectivity index (χ1) is 8.77. The van der Waals surface area contributed by atoms with Crippen LogP contribution in [0.4, 0.5) is 0 Å². The second-order valence-electron chi connectivity index (χ2n) is 4.32. The largest absolute Gasteiger partial charge is 0.492 e. The van der Waals surface area contributed by atoms with Crippen molar-refractivity contribution in [1.29, 1.82) is 0 Å². The van der Waals surface area contributed by atoms with Gasteiger partial charge in [0.25, 0.3) is 0 Å². The van der Waals surface area contributed by atoms with E-state index in [1.807, 2.05) is 25.4 Å². The molecule has 0 radical (unpaired) electrons. The monoisotopic (exact) mass is 266 g/mol. The molecule has 0 atom stereocenters. The first-order valence-corrected chi connectivity index (χ1v) is 6.71. The van der Waals surface area contributed by atoms with Gasteiger partial charge in [0.05, 0.1) is 11.6 Å². The smallest absolute Gasteiger partial charge is 0.138 e. The Morgan fingerprint density at radius 3 is 2.94 bits per heavy atom. The standard InChI is InChI=1S/C14H19ClN2O/c1-3-8-18-12-5-4-11-13(14(12)15)10(9-17-11)6-7-16-2/h4-5,9,16-17H,3,6-8H2,1-2H3. The topological polar surface area (TPSA) is 37.0 Å². The van der Waals surface area contributed by atoms with E-state index in [2.05, 4.69) is 17.2 Å². The highest BCUT2D eigenvalue weighted by molar-refractivity contribution is 6.37. The van der Waals surface area contributed by atoms with Crippen LogP contribution in [-0.2, 0) is 6.42 Å². The number of halogens is 1. The third-order valence-corrected chi connectivity index (χ3v) is 3.31.